The first kappa shape index (κ1) is 25.0. The van der Waals surface area contributed by atoms with E-state index < -0.39 is 5.91 Å². The number of para-hydroxylation sites is 1. The largest absolute Gasteiger partial charge is 0.466 e. The van der Waals surface area contributed by atoms with Crippen molar-refractivity contribution in [3.63, 3.8) is 0 Å². The number of amides is 2. The van der Waals surface area contributed by atoms with Crippen molar-refractivity contribution in [1.29, 1.82) is 0 Å². The van der Waals surface area contributed by atoms with Crippen LogP contribution in [0.2, 0.25) is 10.0 Å². The third kappa shape index (κ3) is 5.65. The molecule has 1 saturated heterocycles. The van der Waals surface area contributed by atoms with E-state index in [2.05, 4.69) is 10.1 Å². The number of nitrogens with zero attached hydrogens (tertiary/aromatic N) is 5. The molecular weight excluding hydrogens is 469 g/mol. The molecule has 0 bridgehead atoms. The van der Waals surface area contributed by atoms with Gasteiger partial charge >= 0.3 is 5.97 Å². The summed E-state index contributed by atoms with van der Waals surface area (Å²) in [7, 11) is 1.53. The van der Waals surface area contributed by atoms with Crippen LogP contribution in [-0.4, -0.2) is 75.6 Å². The first-order valence-corrected chi connectivity index (χ1v) is 11.6. The van der Waals surface area contributed by atoms with Crippen molar-refractivity contribution in [2.75, 3.05) is 33.3 Å². The maximum Gasteiger partial charge on any atom is 0.309 e. The first-order chi connectivity index (χ1) is 15.8. The molecule has 1 aliphatic rings. The van der Waals surface area contributed by atoms with Gasteiger partial charge in [-0.3, -0.25) is 14.4 Å². The van der Waals surface area contributed by atoms with Crippen molar-refractivity contribution >= 4 is 41.0 Å². The van der Waals surface area contributed by atoms with Gasteiger partial charge in [0.25, 0.3) is 5.91 Å². The van der Waals surface area contributed by atoms with E-state index in [1.165, 1.54) is 16.6 Å². The van der Waals surface area contributed by atoms with Gasteiger partial charge in [-0.25, -0.2) is 9.67 Å². The molecular formula is C22H27Cl2N5O4. The highest BCUT2D eigenvalue weighted by Crippen LogP contribution is 2.29. The van der Waals surface area contributed by atoms with Gasteiger partial charge in [-0.15, -0.1) is 5.10 Å². The number of carbonyl (C=O) groups excluding carboxylic acids is 3. The molecule has 2 amide bonds. The van der Waals surface area contributed by atoms with Crippen LogP contribution in [0.1, 0.15) is 43.1 Å². The summed E-state index contributed by atoms with van der Waals surface area (Å²) >= 11 is 12.6. The minimum atomic E-state index is -0.485. The first-order valence-electron chi connectivity index (χ1n) is 10.9. The van der Waals surface area contributed by atoms with Crippen LogP contribution < -0.4 is 0 Å². The van der Waals surface area contributed by atoms with Gasteiger partial charge in [0, 0.05) is 26.6 Å². The Labute approximate surface area is 202 Å². The lowest BCUT2D eigenvalue weighted by Gasteiger charge is -2.31. The summed E-state index contributed by atoms with van der Waals surface area (Å²) in [6.07, 6.45) is 1.60. The predicted octanol–water partition coefficient (Wildman–Crippen LogP) is 3.01. The summed E-state index contributed by atoms with van der Waals surface area (Å²) in [5, 5.41) is 5.10. The zero-order valence-electron chi connectivity index (χ0n) is 18.9. The molecule has 1 aliphatic heterocycles. The number of carbonyl (C=O) groups is 3. The summed E-state index contributed by atoms with van der Waals surface area (Å²) in [6, 6.07) is 5.08. The van der Waals surface area contributed by atoms with Crippen LogP contribution in [-0.2, 0) is 20.7 Å². The summed E-state index contributed by atoms with van der Waals surface area (Å²) in [4.78, 5) is 44.8. The van der Waals surface area contributed by atoms with E-state index in [1.54, 1.807) is 30.0 Å². The summed E-state index contributed by atoms with van der Waals surface area (Å²) in [5.74, 6) is -0.610. The number of hydrogen-bond donors (Lipinski definition) is 0. The van der Waals surface area contributed by atoms with Crippen molar-refractivity contribution in [1.82, 2.24) is 24.6 Å². The Bertz CT molecular complexity index is 1010. The Kier molecular flexibility index (Phi) is 8.31. The van der Waals surface area contributed by atoms with Gasteiger partial charge in [-0.2, -0.15) is 0 Å². The fraction of sp³-hybridized carbons (Fsp3) is 0.500. The van der Waals surface area contributed by atoms with Crippen LogP contribution in [0.3, 0.4) is 0 Å². The topological polar surface area (TPSA) is 97.6 Å². The molecule has 0 aliphatic carbocycles. The fourth-order valence-corrected chi connectivity index (χ4v) is 4.26. The maximum absolute atomic E-state index is 12.9. The van der Waals surface area contributed by atoms with Crippen molar-refractivity contribution in [3.8, 4) is 5.69 Å². The molecule has 0 radical (unpaired) electrons. The molecule has 2 aromatic rings. The highest BCUT2D eigenvalue weighted by molar-refractivity contribution is 6.37. The van der Waals surface area contributed by atoms with E-state index in [0.29, 0.717) is 60.5 Å². The van der Waals surface area contributed by atoms with Gasteiger partial charge < -0.3 is 14.5 Å². The second-order valence-corrected chi connectivity index (χ2v) is 8.57. The third-order valence-electron chi connectivity index (χ3n) is 5.52. The number of aryl methyl sites for hydroxylation is 1. The zero-order chi connectivity index (χ0) is 24.1. The molecule has 9 nitrogen and oxygen atoms in total. The quantitative estimate of drug-likeness (QED) is 0.547. The number of hydrogen-bond acceptors (Lipinski definition) is 6. The number of esters is 1. The van der Waals surface area contributed by atoms with Crippen LogP contribution >= 0.6 is 23.2 Å². The van der Waals surface area contributed by atoms with Gasteiger partial charge in [-0.05, 0) is 31.9 Å². The highest BCUT2D eigenvalue weighted by Gasteiger charge is 2.30. The standard InChI is InChI=1S/C22H27Cl2N5O4/c1-4-17-25-20(26-29(17)19-15(23)7-6-8-16(19)24)21(31)27(3)13-18(30)28-11-9-14(10-12-28)22(32)33-5-2/h6-8,14H,4-5,9-13H2,1-3H3. The molecule has 1 aromatic carbocycles. The molecule has 0 saturated carbocycles. The van der Waals surface area contributed by atoms with Crippen molar-refractivity contribution in [2.45, 2.75) is 33.1 Å². The van der Waals surface area contributed by atoms with Crippen LogP contribution in [0.4, 0.5) is 0 Å². The molecule has 0 spiro atoms. The number of likely N-dealkylation sites (tertiary alicyclic amines) is 1. The highest BCUT2D eigenvalue weighted by atomic mass is 35.5. The monoisotopic (exact) mass is 495 g/mol. The second kappa shape index (κ2) is 11.0. The number of aromatic nitrogens is 3. The summed E-state index contributed by atoms with van der Waals surface area (Å²) in [5.41, 5.74) is 0.451. The van der Waals surface area contributed by atoms with Crippen LogP contribution in [0.15, 0.2) is 18.2 Å². The smallest absolute Gasteiger partial charge is 0.309 e. The Balaban J connectivity index is 1.67. The molecule has 1 fully saturated rings. The lowest BCUT2D eigenvalue weighted by atomic mass is 9.97. The van der Waals surface area contributed by atoms with Gasteiger partial charge in [0.2, 0.25) is 11.7 Å². The Morgan fingerprint density at radius 2 is 1.79 bits per heavy atom. The second-order valence-electron chi connectivity index (χ2n) is 7.76. The normalized spacial score (nSPS) is 14.3. The van der Waals surface area contributed by atoms with Gasteiger partial charge in [-0.1, -0.05) is 36.2 Å². The van der Waals surface area contributed by atoms with E-state index in [0.717, 1.165) is 0 Å². The van der Waals surface area contributed by atoms with Gasteiger partial charge in [0.15, 0.2) is 0 Å². The number of ether oxygens (including phenoxy) is 1. The molecule has 0 atom stereocenters. The molecule has 3 rings (SSSR count). The Morgan fingerprint density at radius 1 is 1.15 bits per heavy atom. The average molecular weight is 496 g/mol. The number of rotatable bonds is 7. The molecule has 33 heavy (non-hydrogen) atoms. The van der Waals surface area contributed by atoms with Crippen molar-refractivity contribution in [2.24, 2.45) is 5.92 Å². The SMILES string of the molecule is CCOC(=O)C1CCN(C(=O)CN(C)C(=O)c2nc(CC)n(-c3c(Cl)cccc3Cl)n2)CC1. The lowest BCUT2D eigenvalue weighted by molar-refractivity contribution is -0.151. The van der Waals surface area contributed by atoms with Crippen LogP contribution in [0.25, 0.3) is 5.69 Å². The lowest BCUT2D eigenvalue weighted by Crippen LogP contribution is -2.45. The number of likely N-dealkylation sites (N-methyl/N-ethyl adjacent to an activating group) is 1. The summed E-state index contributed by atoms with van der Waals surface area (Å²) < 4.78 is 6.53. The van der Waals surface area contributed by atoms with Gasteiger partial charge in [0.1, 0.15) is 11.5 Å². The molecule has 11 heteroatoms. The molecule has 0 N–H and O–H groups in total. The van der Waals surface area contributed by atoms with Crippen molar-refractivity contribution < 1.29 is 19.1 Å². The van der Waals surface area contributed by atoms with E-state index >= 15 is 0 Å². The van der Waals surface area contributed by atoms with Crippen LogP contribution in [0, 0.1) is 5.92 Å². The van der Waals surface area contributed by atoms with E-state index in [4.69, 9.17) is 27.9 Å². The number of halogens is 2. The molecule has 178 valence electrons. The minimum Gasteiger partial charge on any atom is -0.466 e. The average Bonchev–Trinajstić information content (AvgIpc) is 3.22. The van der Waals surface area contributed by atoms with E-state index in [-0.39, 0.29) is 30.2 Å². The molecule has 2 heterocycles. The van der Waals surface area contributed by atoms with Crippen molar-refractivity contribution in [3.05, 3.63) is 39.9 Å². The molecule has 1 aromatic heterocycles. The Morgan fingerprint density at radius 3 is 2.36 bits per heavy atom. The molecule has 0 unspecified atom stereocenters. The minimum absolute atomic E-state index is 0.0424. The number of benzene rings is 1. The summed E-state index contributed by atoms with van der Waals surface area (Å²) in [6.45, 7) is 4.77. The zero-order valence-corrected chi connectivity index (χ0v) is 20.4. The third-order valence-corrected chi connectivity index (χ3v) is 6.13. The maximum atomic E-state index is 12.9. The van der Waals surface area contributed by atoms with Crippen LogP contribution in [0.5, 0.6) is 0 Å². The number of piperidine rings is 1. The fourth-order valence-electron chi connectivity index (χ4n) is 3.70. The Hall–Kier alpha value is -2.65. The van der Waals surface area contributed by atoms with E-state index in [1.807, 2.05) is 6.92 Å². The van der Waals surface area contributed by atoms with E-state index in [9.17, 15) is 14.4 Å². The van der Waals surface area contributed by atoms with Gasteiger partial charge in [0.05, 0.1) is 29.1 Å². The predicted molar refractivity (Wildman–Crippen MR) is 124 cm³/mol.